The summed E-state index contributed by atoms with van der Waals surface area (Å²) in [5.41, 5.74) is 4.83. The van der Waals surface area contributed by atoms with Gasteiger partial charge in [0.2, 0.25) is 0 Å². The Kier molecular flexibility index (Phi) is 4.43. The molecule has 1 aliphatic rings. The maximum Gasteiger partial charge on any atom is 0.137 e. The first-order valence-electron chi connectivity index (χ1n) is 8.81. The van der Waals surface area contributed by atoms with Gasteiger partial charge in [0.1, 0.15) is 5.65 Å². The molecule has 4 nitrogen and oxygen atoms in total. The predicted octanol–water partition coefficient (Wildman–Crippen LogP) is 3.67. The fourth-order valence-corrected chi connectivity index (χ4v) is 3.40. The van der Waals surface area contributed by atoms with Gasteiger partial charge < -0.3 is 14.2 Å². The molecule has 1 aliphatic heterocycles. The monoisotopic (exact) mass is 326 g/mol. The summed E-state index contributed by atoms with van der Waals surface area (Å²) in [5, 5.41) is 0. The fraction of sp³-hybridized carbons (Fsp3) is 0.550. The second kappa shape index (κ2) is 6.25. The summed E-state index contributed by atoms with van der Waals surface area (Å²) in [6.07, 6.45) is 6.72. The summed E-state index contributed by atoms with van der Waals surface area (Å²) in [7, 11) is 4.37. The minimum absolute atomic E-state index is 0.0818. The Bertz CT molecular complexity index is 738. The van der Waals surface area contributed by atoms with Crippen LogP contribution in [0.1, 0.15) is 44.9 Å². The lowest BCUT2D eigenvalue weighted by atomic mass is 9.93. The number of likely N-dealkylation sites (N-methyl/N-ethyl adjacent to an activating group) is 2. The number of hydrogen-bond acceptors (Lipinski definition) is 3. The highest BCUT2D eigenvalue weighted by molar-refractivity contribution is 5.42. The SMILES string of the molecule is C=C1CC[C@H](CN(C)Cc2ccc3nc(C(C)(C)C)cn3c2)N1C. The zero-order chi connectivity index (χ0) is 17.5. The van der Waals surface area contributed by atoms with Crippen LogP contribution < -0.4 is 0 Å². The van der Waals surface area contributed by atoms with Crippen molar-refractivity contribution in [2.24, 2.45) is 0 Å². The van der Waals surface area contributed by atoms with E-state index in [1.54, 1.807) is 0 Å². The van der Waals surface area contributed by atoms with Gasteiger partial charge in [0.25, 0.3) is 0 Å². The van der Waals surface area contributed by atoms with Crippen LogP contribution in [0, 0.1) is 0 Å². The van der Waals surface area contributed by atoms with Crippen molar-refractivity contribution in [1.29, 1.82) is 0 Å². The highest BCUT2D eigenvalue weighted by Gasteiger charge is 2.24. The molecule has 1 fully saturated rings. The van der Waals surface area contributed by atoms with Crippen molar-refractivity contribution in [3.05, 3.63) is 48.1 Å². The molecule has 1 atom stereocenters. The Labute approximate surface area is 145 Å². The third-order valence-electron chi connectivity index (χ3n) is 5.07. The second-order valence-corrected chi connectivity index (χ2v) is 8.25. The average molecular weight is 326 g/mol. The summed E-state index contributed by atoms with van der Waals surface area (Å²) in [6.45, 7) is 12.8. The Morgan fingerprint density at radius 2 is 2.04 bits per heavy atom. The normalized spacial score (nSPS) is 19.0. The van der Waals surface area contributed by atoms with Crippen molar-refractivity contribution in [3.63, 3.8) is 0 Å². The van der Waals surface area contributed by atoms with Crippen molar-refractivity contribution in [1.82, 2.24) is 19.2 Å². The van der Waals surface area contributed by atoms with Crippen molar-refractivity contribution in [3.8, 4) is 0 Å². The van der Waals surface area contributed by atoms with Gasteiger partial charge in [0.05, 0.1) is 5.69 Å². The Balaban J connectivity index is 1.69. The molecule has 0 N–H and O–H groups in total. The lowest BCUT2D eigenvalue weighted by molar-refractivity contribution is 0.231. The zero-order valence-corrected chi connectivity index (χ0v) is 15.7. The van der Waals surface area contributed by atoms with Gasteiger partial charge in [0, 0.05) is 49.7 Å². The molecule has 1 saturated heterocycles. The van der Waals surface area contributed by atoms with Crippen LogP contribution in [0.15, 0.2) is 36.8 Å². The van der Waals surface area contributed by atoms with E-state index < -0.39 is 0 Å². The molecule has 0 unspecified atom stereocenters. The molecule has 3 rings (SSSR count). The minimum Gasteiger partial charge on any atom is -0.374 e. The summed E-state index contributed by atoms with van der Waals surface area (Å²) in [6, 6.07) is 4.91. The van der Waals surface area contributed by atoms with Gasteiger partial charge in [0.15, 0.2) is 0 Å². The van der Waals surface area contributed by atoms with E-state index in [9.17, 15) is 0 Å². The van der Waals surface area contributed by atoms with E-state index in [2.05, 4.69) is 80.2 Å². The smallest absolute Gasteiger partial charge is 0.137 e. The zero-order valence-electron chi connectivity index (χ0n) is 15.7. The summed E-state index contributed by atoms with van der Waals surface area (Å²) in [5.74, 6) is 0. The van der Waals surface area contributed by atoms with Crippen LogP contribution in [0.4, 0.5) is 0 Å². The minimum atomic E-state index is 0.0818. The van der Waals surface area contributed by atoms with E-state index in [0.717, 1.165) is 30.9 Å². The van der Waals surface area contributed by atoms with Crippen LogP contribution in [-0.2, 0) is 12.0 Å². The number of nitrogens with zero attached hydrogens (tertiary/aromatic N) is 4. The van der Waals surface area contributed by atoms with Crippen LogP contribution >= 0.6 is 0 Å². The number of aromatic nitrogens is 2. The maximum absolute atomic E-state index is 4.74. The molecule has 0 bridgehead atoms. The molecule has 130 valence electrons. The van der Waals surface area contributed by atoms with Crippen molar-refractivity contribution in [2.75, 3.05) is 20.6 Å². The van der Waals surface area contributed by atoms with E-state index in [4.69, 9.17) is 4.98 Å². The predicted molar refractivity (Wildman–Crippen MR) is 100 cm³/mol. The second-order valence-electron chi connectivity index (χ2n) is 8.25. The van der Waals surface area contributed by atoms with E-state index in [0.29, 0.717) is 6.04 Å². The number of hydrogen-bond donors (Lipinski definition) is 0. The Hall–Kier alpha value is -1.81. The van der Waals surface area contributed by atoms with Crippen LogP contribution in [0.5, 0.6) is 0 Å². The Morgan fingerprint density at radius 3 is 2.67 bits per heavy atom. The van der Waals surface area contributed by atoms with Gasteiger partial charge in [-0.2, -0.15) is 0 Å². The molecule has 0 saturated carbocycles. The fourth-order valence-electron chi connectivity index (χ4n) is 3.40. The molecular formula is C20H30N4. The van der Waals surface area contributed by atoms with Crippen LogP contribution in [0.25, 0.3) is 5.65 Å². The molecule has 0 aromatic carbocycles. The average Bonchev–Trinajstić information content (AvgIpc) is 3.05. The van der Waals surface area contributed by atoms with Crippen molar-refractivity contribution in [2.45, 2.75) is 51.6 Å². The molecule has 0 amide bonds. The van der Waals surface area contributed by atoms with Crippen molar-refractivity contribution >= 4 is 5.65 Å². The molecule has 24 heavy (non-hydrogen) atoms. The summed E-state index contributed by atoms with van der Waals surface area (Å²) in [4.78, 5) is 9.48. The maximum atomic E-state index is 4.74. The quantitative estimate of drug-likeness (QED) is 0.856. The van der Waals surface area contributed by atoms with E-state index in [1.165, 1.54) is 17.7 Å². The third kappa shape index (κ3) is 3.48. The van der Waals surface area contributed by atoms with Gasteiger partial charge >= 0.3 is 0 Å². The summed E-state index contributed by atoms with van der Waals surface area (Å²) < 4.78 is 2.16. The molecule has 2 aromatic heterocycles. The van der Waals surface area contributed by atoms with Gasteiger partial charge in [-0.05, 0) is 31.5 Å². The van der Waals surface area contributed by atoms with Crippen molar-refractivity contribution < 1.29 is 0 Å². The van der Waals surface area contributed by atoms with Gasteiger partial charge in [-0.1, -0.05) is 33.4 Å². The highest BCUT2D eigenvalue weighted by Crippen LogP contribution is 2.25. The van der Waals surface area contributed by atoms with Crippen LogP contribution in [0.2, 0.25) is 0 Å². The molecule has 3 heterocycles. The largest absolute Gasteiger partial charge is 0.374 e. The van der Waals surface area contributed by atoms with Gasteiger partial charge in [-0.15, -0.1) is 0 Å². The number of likely N-dealkylation sites (tertiary alicyclic amines) is 1. The molecule has 0 spiro atoms. The lowest BCUT2D eigenvalue weighted by Crippen LogP contribution is -2.35. The number of pyridine rings is 1. The molecule has 0 radical (unpaired) electrons. The first kappa shape index (κ1) is 17.0. The highest BCUT2D eigenvalue weighted by atomic mass is 15.2. The third-order valence-corrected chi connectivity index (χ3v) is 5.07. The van der Waals surface area contributed by atoms with Crippen LogP contribution in [-0.4, -0.2) is 45.9 Å². The van der Waals surface area contributed by atoms with Crippen LogP contribution in [0.3, 0.4) is 0 Å². The number of fused-ring (bicyclic) bond motifs is 1. The number of allylic oxidation sites excluding steroid dienone is 1. The molecule has 4 heteroatoms. The lowest BCUT2D eigenvalue weighted by Gasteiger charge is -2.27. The number of rotatable bonds is 4. The van der Waals surface area contributed by atoms with Gasteiger partial charge in [-0.25, -0.2) is 4.98 Å². The molecule has 2 aromatic rings. The van der Waals surface area contributed by atoms with Gasteiger partial charge in [-0.3, -0.25) is 0 Å². The van der Waals surface area contributed by atoms with E-state index in [-0.39, 0.29) is 5.41 Å². The molecular weight excluding hydrogens is 296 g/mol. The first-order valence-corrected chi connectivity index (χ1v) is 8.81. The Morgan fingerprint density at radius 1 is 1.29 bits per heavy atom. The summed E-state index contributed by atoms with van der Waals surface area (Å²) >= 11 is 0. The topological polar surface area (TPSA) is 23.8 Å². The first-order chi connectivity index (χ1) is 11.2. The standard InChI is InChI=1S/C20H30N4/c1-15-7-9-17(23(15)6)13-22(5)11-16-8-10-19-21-18(20(2,3)4)14-24(19)12-16/h8,10,12,14,17H,1,7,9,11,13H2,2-6H3/t17-/m1/s1. The number of imidazole rings is 1. The van der Waals surface area contributed by atoms with E-state index in [1.807, 2.05) is 0 Å². The molecule has 0 aliphatic carbocycles. The van der Waals surface area contributed by atoms with E-state index >= 15 is 0 Å².